The van der Waals surface area contributed by atoms with Gasteiger partial charge in [0.15, 0.2) is 0 Å². The number of amides is 1. The number of rotatable bonds is 8. The minimum Gasteiger partial charge on any atom is -0.497 e. The topological polar surface area (TPSA) is 50.8 Å². The first-order chi connectivity index (χ1) is 16.8. The number of nitrogens with one attached hydrogen (secondary N) is 1. The van der Waals surface area contributed by atoms with Gasteiger partial charge in [0.1, 0.15) is 5.75 Å². The third-order valence-corrected chi connectivity index (χ3v) is 8.55. The van der Waals surface area contributed by atoms with Gasteiger partial charge in [-0.2, -0.15) is 0 Å². The molecule has 3 atom stereocenters. The molecule has 1 amide bonds. The van der Waals surface area contributed by atoms with E-state index in [0.29, 0.717) is 10.0 Å². The maximum Gasteiger partial charge on any atom is 0.224 e. The Hall–Kier alpha value is -2.05. The Morgan fingerprint density at radius 2 is 2.03 bits per heavy atom. The van der Waals surface area contributed by atoms with Gasteiger partial charge in [-0.1, -0.05) is 47.5 Å². The van der Waals surface area contributed by atoms with Gasteiger partial charge in [-0.25, -0.2) is 0 Å². The Morgan fingerprint density at radius 3 is 2.74 bits per heavy atom. The molecular formula is C28H34Cl2N2O3. The maximum absolute atomic E-state index is 13.0. The van der Waals surface area contributed by atoms with Crippen molar-refractivity contribution < 1.29 is 14.3 Å². The lowest BCUT2D eigenvalue weighted by Gasteiger charge is -2.59. The highest BCUT2D eigenvalue weighted by atomic mass is 35.5. The Labute approximate surface area is 218 Å². The lowest BCUT2D eigenvalue weighted by molar-refractivity contribution is -0.149. The molecule has 0 radical (unpaired) electrons. The second kappa shape index (κ2) is 10.9. The number of carbonyl (C=O) groups excluding carboxylic acids is 1. The van der Waals surface area contributed by atoms with Crippen molar-refractivity contribution >= 4 is 29.1 Å². The summed E-state index contributed by atoms with van der Waals surface area (Å²) in [5, 5.41) is 4.25. The molecule has 4 rings (SSSR count). The highest BCUT2D eigenvalue weighted by Gasteiger charge is 2.58. The summed E-state index contributed by atoms with van der Waals surface area (Å²) in [4.78, 5) is 15.4. The van der Waals surface area contributed by atoms with Gasteiger partial charge in [-0.05, 0) is 67.6 Å². The first-order valence-corrected chi connectivity index (χ1v) is 12.9. The molecule has 0 aromatic heterocycles. The number of fused-ring (bicyclic) bond motifs is 1. The molecule has 0 spiro atoms. The van der Waals surface area contributed by atoms with E-state index in [-0.39, 0.29) is 29.4 Å². The summed E-state index contributed by atoms with van der Waals surface area (Å²) in [7, 11) is 3.52. The van der Waals surface area contributed by atoms with Crippen LogP contribution < -0.4 is 10.1 Å². The molecule has 1 saturated carbocycles. The number of carbonyl (C=O) groups is 1. The van der Waals surface area contributed by atoms with Crippen LogP contribution in [0.4, 0.5) is 0 Å². The number of likely N-dealkylation sites (tertiary alicyclic amines) is 1. The smallest absolute Gasteiger partial charge is 0.224 e. The second-order valence-electron chi connectivity index (χ2n) is 9.72. The van der Waals surface area contributed by atoms with E-state index in [1.54, 1.807) is 19.2 Å². The molecule has 5 nitrogen and oxygen atoms in total. The van der Waals surface area contributed by atoms with Gasteiger partial charge in [-0.3, -0.25) is 9.69 Å². The van der Waals surface area contributed by atoms with Gasteiger partial charge < -0.3 is 14.8 Å². The van der Waals surface area contributed by atoms with E-state index in [4.69, 9.17) is 32.7 Å². The SMILES string of the molecule is C=CCN1CCC2(c3cccc(OC)c3)CC(NC(=O)Cc3ccc(Cl)c(Cl)c3)CCC2(OC)C1. The van der Waals surface area contributed by atoms with E-state index in [1.807, 2.05) is 31.4 Å². The predicted molar refractivity (Wildman–Crippen MR) is 142 cm³/mol. The predicted octanol–water partition coefficient (Wildman–Crippen LogP) is 5.43. The number of ether oxygens (including phenoxy) is 2. The number of hydrogen-bond donors (Lipinski definition) is 1. The van der Waals surface area contributed by atoms with E-state index in [0.717, 1.165) is 56.6 Å². The summed E-state index contributed by atoms with van der Waals surface area (Å²) in [5.74, 6) is 0.823. The average Bonchev–Trinajstić information content (AvgIpc) is 2.86. The van der Waals surface area contributed by atoms with Crippen molar-refractivity contribution in [2.45, 2.75) is 49.2 Å². The number of benzene rings is 2. The normalized spacial score (nSPS) is 26.6. The molecule has 0 bridgehead atoms. The molecule has 2 aromatic rings. The van der Waals surface area contributed by atoms with Gasteiger partial charge in [0.05, 0.1) is 29.2 Å². The maximum atomic E-state index is 13.0. The van der Waals surface area contributed by atoms with Gasteiger partial charge in [0.2, 0.25) is 5.91 Å². The summed E-state index contributed by atoms with van der Waals surface area (Å²) in [6.45, 7) is 6.54. The molecule has 1 aliphatic carbocycles. The molecular weight excluding hydrogens is 483 g/mol. The number of piperidine rings is 1. The summed E-state index contributed by atoms with van der Waals surface area (Å²) in [6, 6.07) is 13.7. The largest absolute Gasteiger partial charge is 0.497 e. The van der Waals surface area contributed by atoms with Crippen LogP contribution in [0.25, 0.3) is 0 Å². The van der Waals surface area contributed by atoms with E-state index >= 15 is 0 Å². The highest BCUT2D eigenvalue weighted by Crippen LogP contribution is 2.53. The van der Waals surface area contributed by atoms with Crippen LogP contribution >= 0.6 is 23.2 Å². The molecule has 1 heterocycles. The molecule has 188 valence electrons. The van der Waals surface area contributed by atoms with Gasteiger partial charge >= 0.3 is 0 Å². The van der Waals surface area contributed by atoms with E-state index < -0.39 is 0 Å². The standard InChI is InChI=1S/C28H34Cl2N2O3/c1-4-13-32-14-12-27(21-6-5-7-23(17-21)34-2)18-22(10-11-28(27,19-32)35-3)31-26(33)16-20-8-9-24(29)25(30)15-20/h4-9,15,17,22H,1,10-14,16,18-19H2,2-3H3,(H,31,33). The van der Waals surface area contributed by atoms with E-state index in [2.05, 4.69) is 28.9 Å². The zero-order valence-electron chi connectivity index (χ0n) is 20.5. The summed E-state index contributed by atoms with van der Waals surface area (Å²) < 4.78 is 12.0. The molecule has 2 aliphatic rings. The van der Waals surface area contributed by atoms with Crippen molar-refractivity contribution in [1.82, 2.24) is 10.2 Å². The molecule has 1 aliphatic heterocycles. The van der Waals surface area contributed by atoms with Crippen LogP contribution in [0.15, 0.2) is 55.1 Å². The van der Waals surface area contributed by atoms with Crippen LogP contribution in [0, 0.1) is 0 Å². The molecule has 2 fully saturated rings. The Bertz CT molecular complexity index is 1080. The minimum atomic E-state index is -0.356. The minimum absolute atomic E-state index is 0.0109. The number of hydrogen-bond acceptors (Lipinski definition) is 4. The lowest BCUT2D eigenvalue weighted by Crippen LogP contribution is -2.68. The number of halogens is 2. The summed E-state index contributed by atoms with van der Waals surface area (Å²) >= 11 is 12.2. The van der Waals surface area contributed by atoms with Gasteiger partial charge in [-0.15, -0.1) is 6.58 Å². The zero-order chi connectivity index (χ0) is 25.1. The highest BCUT2D eigenvalue weighted by molar-refractivity contribution is 6.42. The van der Waals surface area contributed by atoms with E-state index in [9.17, 15) is 4.79 Å². The van der Waals surface area contributed by atoms with Crippen molar-refractivity contribution in [2.75, 3.05) is 33.9 Å². The fraction of sp³-hybridized carbons (Fsp3) is 0.464. The first-order valence-electron chi connectivity index (χ1n) is 12.1. The molecule has 3 unspecified atom stereocenters. The van der Waals surface area contributed by atoms with Crippen LogP contribution in [-0.2, 0) is 21.4 Å². The first kappa shape index (κ1) is 26.0. The zero-order valence-corrected chi connectivity index (χ0v) is 22.0. The molecule has 1 N–H and O–H groups in total. The van der Waals surface area contributed by atoms with Crippen LogP contribution in [0.3, 0.4) is 0 Å². The number of nitrogens with zero attached hydrogens (tertiary/aromatic N) is 1. The van der Waals surface area contributed by atoms with Gasteiger partial charge in [0, 0.05) is 31.7 Å². The summed E-state index contributed by atoms with van der Waals surface area (Å²) in [6.07, 6.45) is 5.67. The fourth-order valence-corrected chi connectivity index (χ4v) is 6.41. The average molecular weight is 517 g/mol. The van der Waals surface area contributed by atoms with Crippen molar-refractivity contribution in [3.05, 3.63) is 76.3 Å². The van der Waals surface area contributed by atoms with Crippen LogP contribution in [0.5, 0.6) is 5.75 Å². The van der Waals surface area contributed by atoms with Crippen molar-refractivity contribution in [1.29, 1.82) is 0 Å². The van der Waals surface area contributed by atoms with Crippen LogP contribution in [0.2, 0.25) is 10.0 Å². The number of methoxy groups -OCH3 is 2. The third-order valence-electron chi connectivity index (χ3n) is 7.81. The molecule has 7 heteroatoms. The quantitative estimate of drug-likeness (QED) is 0.475. The Kier molecular flexibility index (Phi) is 8.12. The third kappa shape index (κ3) is 5.24. The molecule has 1 saturated heterocycles. The Morgan fingerprint density at radius 1 is 1.20 bits per heavy atom. The van der Waals surface area contributed by atoms with E-state index in [1.165, 1.54) is 5.56 Å². The van der Waals surface area contributed by atoms with Crippen molar-refractivity contribution in [2.24, 2.45) is 0 Å². The van der Waals surface area contributed by atoms with Crippen molar-refractivity contribution in [3.63, 3.8) is 0 Å². The Balaban J connectivity index is 1.60. The lowest BCUT2D eigenvalue weighted by atomic mass is 9.55. The fourth-order valence-electron chi connectivity index (χ4n) is 6.09. The van der Waals surface area contributed by atoms with Crippen LogP contribution in [-0.4, -0.2) is 56.3 Å². The molecule has 2 aromatic carbocycles. The van der Waals surface area contributed by atoms with Crippen LogP contribution in [0.1, 0.15) is 36.8 Å². The van der Waals surface area contributed by atoms with Gasteiger partial charge in [0.25, 0.3) is 0 Å². The summed E-state index contributed by atoms with van der Waals surface area (Å²) in [5.41, 5.74) is 1.46. The monoisotopic (exact) mass is 516 g/mol. The second-order valence-corrected chi connectivity index (χ2v) is 10.5. The molecule has 35 heavy (non-hydrogen) atoms. The van der Waals surface area contributed by atoms with Crippen molar-refractivity contribution in [3.8, 4) is 5.75 Å².